The molecule has 1 aliphatic heterocycles. The van der Waals surface area contributed by atoms with E-state index in [4.69, 9.17) is 0 Å². The van der Waals surface area contributed by atoms with Gasteiger partial charge in [0.05, 0.1) is 5.56 Å². The van der Waals surface area contributed by atoms with Crippen LogP contribution in [-0.2, 0) is 32.6 Å². The zero-order valence-electron chi connectivity index (χ0n) is 21.4. The molecule has 0 fully saturated rings. The molecule has 0 radical (unpaired) electrons. The molecule has 3 aromatic carbocycles. The second-order valence-electron chi connectivity index (χ2n) is 9.34. The minimum absolute atomic E-state index is 0.0326. The van der Waals surface area contributed by atoms with Gasteiger partial charge in [-0.05, 0) is 36.6 Å². The lowest BCUT2D eigenvalue weighted by Crippen LogP contribution is -2.54. The topological polar surface area (TPSA) is 104 Å². The van der Waals surface area contributed by atoms with Crippen molar-refractivity contribution in [1.29, 1.82) is 0 Å². The van der Waals surface area contributed by atoms with Crippen LogP contribution < -0.4 is 5.32 Å². The van der Waals surface area contributed by atoms with E-state index in [0.717, 1.165) is 11.1 Å². The molecule has 3 amide bonds. The maximum atomic E-state index is 13.9. The molecule has 4 rings (SSSR count). The quantitative estimate of drug-likeness (QED) is 0.430. The molecule has 1 aliphatic rings. The third-order valence-corrected chi connectivity index (χ3v) is 8.45. The maximum Gasteiger partial charge on any atom is 0.269 e. The molecule has 0 aliphatic carbocycles. The fourth-order valence-corrected chi connectivity index (χ4v) is 5.89. The number of rotatable bonds is 10. The smallest absolute Gasteiger partial charge is 0.269 e. The summed E-state index contributed by atoms with van der Waals surface area (Å²) in [6, 6.07) is 23.3. The van der Waals surface area contributed by atoms with Crippen LogP contribution in [0.3, 0.4) is 0 Å². The van der Waals surface area contributed by atoms with E-state index in [1.807, 2.05) is 74.5 Å². The van der Waals surface area contributed by atoms with Crippen LogP contribution in [0.25, 0.3) is 0 Å². The first-order valence-corrected chi connectivity index (χ1v) is 14.0. The molecule has 0 saturated heterocycles. The third-order valence-electron chi connectivity index (χ3n) is 6.66. The number of hydrogen-bond acceptors (Lipinski definition) is 5. The molecular formula is C29H31N3O5S. The monoisotopic (exact) mass is 533 g/mol. The number of carbonyl (C=O) groups is 3. The van der Waals surface area contributed by atoms with Gasteiger partial charge >= 0.3 is 0 Å². The molecule has 0 saturated carbocycles. The van der Waals surface area contributed by atoms with Crippen LogP contribution in [0.1, 0.15) is 41.8 Å². The average molecular weight is 534 g/mol. The van der Waals surface area contributed by atoms with Crippen LogP contribution in [0.4, 0.5) is 0 Å². The SMILES string of the molecule is CCC(C)NC(=O)C(Cc1ccccc1)N(Cc1ccccc1)C(=O)CN1C(=O)c2ccccc2S1(=O)=O. The Balaban J connectivity index is 1.70. The van der Waals surface area contributed by atoms with Crippen molar-refractivity contribution in [2.75, 3.05) is 6.54 Å². The molecule has 2 atom stereocenters. The van der Waals surface area contributed by atoms with Gasteiger partial charge in [-0.3, -0.25) is 14.4 Å². The highest BCUT2D eigenvalue weighted by Crippen LogP contribution is 2.30. The van der Waals surface area contributed by atoms with E-state index in [1.54, 1.807) is 6.07 Å². The predicted molar refractivity (Wildman–Crippen MR) is 143 cm³/mol. The highest BCUT2D eigenvalue weighted by molar-refractivity contribution is 7.90. The largest absolute Gasteiger partial charge is 0.352 e. The molecule has 3 aromatic rings. The van der Waals surface area contributed by atoms with Crippen molar-refractivity contribution < 1.29 is 22.8 Å². The molecule has 1 heterocycles. The Morgan fingerprint density at radius 2 is 1.47 bits per heavy atom. The zero-order valence-corrected chi connectivity index (χ0v) is 22.2. The van der Waals surface area contributed by atoms with E-state index in [1.165, 1.54) is 23.1 Å². The Morgan fingerprint density at radius 3 is 2.08 bits per heavy atom. The Bertz CT molecular complexity index is 1410. The number of nitrogens with one attached hydrogen (secondary N) is 1. The Kier molecular flexibility index (Phi) is 8.26. The number of carbonyl (C=O) groups excluding carboxylic acids is 3. The number of benzene rings is 3. The van der Waals surface area contributed by atoms with Crippen molar-refractivity contribution in [1.82, 2.24) is 14.5 Å². The van der Waals surface area contributed by atoms with Gasteiger partial charge in [-0.15, -0.1) is 0 Å². The van der Waals surface area contributed by atoms with E-state index in [-0.39, 0.29) is 35.4 Å². The Morgan fingerprint density at radius 1 is 0.895 bits per heavy atom. The van der Waals surface area contributed by atoms with E-state index in [0.29, 0.717) is 10.7 Å². The summed E-state index contributed by atoms with van der Waals surface area (Å²) >= 11 is 0. The second-order valence-corrected chi connectivity index (χ2v) is 11.2. The van der Waals surface area contributed by atoms with Crippen LogP contribution in [0, 0.1) is 0 Å². The van der Waals surface area contributed by atoms with Crippen molar-refractivity contribution in [2.45, 2.75) is 50.2 Å². The zero-order chi connectivity index (χ0) is 27.3. The second kappa shape index (κ2) is 11.6. The number of sulfonamides is 1. The number of nitrogens with zero attached hydrogens (tertiary/aromatic N) is 2. The van der Waals surface area contributed by atoms with Gasteiger partial charge in [0, 0.05) is 19.0 Å². The van der Waals surface area contributed by atoms with E-state index < -0.39 is 34.4 Å². The summed E-state index contributed by atoms with van der Waals surface area (Å²) in [4.78, 5) is 41.7. The summed E-state index contributed by atoms with van der Waals surface area (Å²) in [6.07, 6.45) is 0.928. The van der Waals surface area contributed by atoms with Crippen molar-refractivity contribution in [3.63, 3.8) is 0 Å². The fourth-order valence-electron chi connectivity index (χ4n) is 4.38. The van der Waals surface area contributed by atoms with Crippen LogP contribution in [0.15, 0.2) is 89.8 Å². The summed E-state index contributed by atoms with van der Waals surface area (Å²) in [7, 11) is -4.19. The van der Waals surface area contributed by atoms with Crippen molar-refractivity contribution >= 4 is 27.7 Å². The molecule has 0 bridgehead atoms. The fraction of sp³-hybridized carbons (Fsp3) is 0.276. The Labute approximate surface area is 223 Å². The van der Waals surface area contributed by atoms with Crippen LogP contribution in [0.5, 0.6) is 0 Å². The van der Waals surface area contributed by atoms with Gasteiger partial charge in [0.1, 0.15) is 17.5 Å². The van der Waals surface area contributed by atoms with Gasteiger partial charge in [0.15, 0.2) is 0 Å². The summed E-state index contributed by atoms with van der Waals surface area (Å²) < 4.78 is 26.9. The lowest BCUT2D eigenvalue weighted by Gasteiger charge is -2.33. The first-order valence-electron chi connectivity index (χ1n) is 12.6. The highest BCUT2D eigenvalue weighted by Gasteiger charge is 2.43. The molecule has 8 nitrogen and oxygen atoms in total. The van der Waals surface area contributed by atoms with E-state index >= 15 is 0 Å². The lowest BCUT2D eigenvalue weighted by atomic mass is 10.0. The maximum absolute atomic E-state index is 13.9. The van der Waals surface area contributed by atoms with E-state index in [2.05, 4.69) is 5.32 Å². The van der Waals surface area contributed by atoms with E-state index in [9.17, 15) is 22.8 Å². The number of hydrogen-bond donors (Lipinski definition) is 1. The lowest BCUT2D eigenvalue weighted by molar-refractivity contribution is -0.141. The normalized spacial score (nSPS) is 15.4. The molecule has 0 spiro atoms. The van der Waals surface area contributed by atoms with Gasteiger partial charge in [0.2, 0.25) is 11.8 Å². The molecule has 9 heteroatoms. The van der Waals surface area contributed by atoms with Gasteiger partial charge in [-0.25, -0.2) is 12.7 Å². The minimum Gasteiger partial charge on any atom is -0.352 e. The van der Waals surface area contributed by atoms with Gasteiger partial charge < -0.3 is 10.2 Å². The summed E-state index contributed by atoms with van der Waals surface area (Å²) in [6.45, 7) is 3.20. The van der Waals surface area contributed by atoms with Gasteiger partial charge in [-0.2, -0.15) is 0 Å². The molecule has 2 unspecified atom stereocenters. The Hall–Kier alpha value is -3.98. The summed E-state index contributed by atoms with van der Waals surface area (Å²) in [5.74, 6) is -1.73. The molecule has 38 heavy (non-hydrogen) atoms. The average Bonchev–Trinajstić information content (AvgIpc) is 3.12. The molecule has 1 N–H and O–H groups in total. The van der Waals surface area contributed by atoms with Crippen molar-refractivity contribution in [3.8, 4) is 0 Å². The standard InChI is InChI=1S/C29H31N3O5S/c1-3-21(2)30-28(34)25(18-22-12-6-4-7-13-22)31(19-23-14-8-5-9-15-23)27(33)20-32-29(35)24-16-10-11-17-26(24)38(32,36)37/h4-17,21,25H,3,18-20H2,1-2H3,(H,30,34). The van der Waals surface area contributed by atoms with Crippen LogP contribution in [0.2, 0.25) is 0 Å². The third kappa shape index (κ3) is 5.78. The molecule has 0 aromatic heterocycles. The van der Waals surface area contributed by atoms with Crippen molar-refractivity contribution in [3.05, 3.63) is 102 Å². The number of fused-ring (bicyclic) bond motifs is 1. The molecular weight excluding hydrogens is 502 g/mol. The summed E-state index contributed by atoms with van der Waals surface area (Å²) in [5, 5.41) is 2.97. The van der Waals surface area contributed by atoms with Gasteiger partial charge in [-0.1, -0.05) is 79.7 Å². The molecule has 198 valence electrons. The first kappa shape index (κ1) is 27.1. The predicted octanol–water partition coefficient (Wildman–Crippen LogP) is 3.39. The number of amides is 3. The first-order chi connectivity index (χ1) is 18.2. The van der Waals surface area contributed by atoms with Gasteiger partial charge in [0.25, 0.3) is 15.9 Å². The van der Waals surface area contributed by atoms with Crippen molar-refractivity contribution in [2.24, 2.45) is 0 Å². The van der Waals surface area contributed by atoms with Crippen LogP contribution >= 0.6 is 0 Å². The summed E-state index contributed by atoms with van der Waals surface area (Å²) in [5.41, 5.74) is 1.65. The van der Waals surface area contributed by atoms with Crippen LogP contribution in [-0.4, -0.2) is 54.0 Å². The highest BCUT2D eigenvalue weighted by atomic mass is 32.2. The minimum atomic E-state index is -4.19.